The second kappa shape index (κ2) is 12.1. The Balaban J connectivity index is 0.00000420. The van der Waals surface area contributed by atoms with Crippen LogP contribution in [0, 0.1) is 0 Å². The van der Waals surface area contributed by atoms with E-state index in [2.05, 4.69) is 34.6 Å². The number of benzene rings is 1. The van der Waals surface area contributed by atoms with Crippen molar-refractivity contribution in [1.29, 1.82) is 0 Å². The second-order valence-electron chi connectivity index (χ2n) is 7.91. The number of hydrogen-bond acceptors (Lipinski definition) is 4. The van der Waals surface area contributed by atoms with Crippen LogP contribution in [0.2, 0.25) is 0 Å². The monoisotopic (exact) mass is 518 g/mol. The summed E-state index contributed by atoms with van der Waals surface area (Å²) >= 11 is 0. The Kier molecular flexibility index (Phi) is 10.6. The number of aliphatic imine (C=N–C) groups is 1. The van der Waals surface area contributed by atoms with Crippen LogP contribution in [0.4, 0.5) is 4.79 Å². The minimum Gasteiger partial charge on any atom is -0.497 e. The first-order valence-corrected chi connectivity index (χ1v) is 9.96. The van der Waals surface area contributed by atoms with Crippen molar-refractivity contribution in [3.8, 4) is 5.75 Å². The van der Waals surface area contributed by atoms with E-state index in [1.807, 2.05) is 32.9 Å². The third-order valence-corrected chi connectivity index (χ3v) is 4.36. The van der Waals surface area contributed by atoms with Crippen LogP contribution in [0.5, 0.6) is 5.75 Å². The highest BCUT2D eigenvalue weighted by Gasteiger charge is 2.27. The second-order valence-corrected chi connectivity index (χ2v) is 7.91. The van der Waals surface area contributed by atoms with Gasteiger partial charge in [0.1, 0.15) is 11.4 Å². The van der Waals surface area contributed by atoms with E-state index < -0.39 is 5.60 Å². The van der Waals surface area contributed by atoms with Gasteiger partial charge < -0.3 is 25.0 Å². The van der Waals surface area contributed by atoms with Crippen molar-refractivity contribution >= 4 is 36.0 Å². The number of nitrogens with one attached hydrogen (secondary N) is 2. The van der Waals surface area contributed by atoms with Crippen LogP contribution in [0.3, 0.4) is 0 Å². The number of halogens is 1. The van der Waals surface area contributed by atoms with E-state index in [0.29, 0.717) is 6.54 Å². The Morgan fingerprint density at radius 3 is 2.55 bits per heavy atom. The first-order valence-electron chi connectivity index (χ1n) is 9.96. The van der Waals surface area contributed by atoms with Gasteiger partial charge in [0.05, 0.1) is 13.2 Å². The third kappa shape index (κ3) is 9.10. The molecular formula is C21H35IN4O3. The van der Waals surface area contributed by atoms with Crippen LogP contribution in [-0.4, -0.2) is 61.9 Å². The van der Waals surface area contributed by atoms with Gasteiger partial charge in [0.15, 0.2) is 5.96 Å². The van der Waals surface area contributed by atoms with Crippen LogP contribution >= 0.6 is 24.0 Å². The summed E-state index contributed by atoms with van der Waals surface area (Å²) in [6.07, 6.45) is 1.38. The molecule has 1 saturated heterocycles. The van der Waals surface area contributed by atoms with Gasteiger partial charge in [0, 0.05) is 26.2 Å². The number of nitrogens with zero attached hydrogens (tertiary/aromatic N) is 2. The zero-order chi connectivity index (χ0) is 20.6. The van der Waals surface area contributed by atoms with Gasteiger partial charge in [-0.2, -0.15) is 0 Å². The van der Waals surface area contributed by atoms with Crippen LogP contribution in [0.1, 0.15) is 39.7 Å². The largest absolute Gasteiger partial charge is 0.497 e. The quantitative estimate of drug-likeness (QED) is 0.343. The summed E-state index contributed by atoms with van der Waals surface area (Å²) in [5.41, 5.74) is 0.742. The molecule has 0 radical (unpaired) electrons. The number of rotatable bonds is 6. The van der Waals surface area contributed by atoms with E-state index in [1.54, 1.807) is 7.11 Å². The lowest BCUT2D eigenvalue weighted by molar-refractivity contribution is 0.0507. The molecule has 2 N–H and O–H groups in total. The van der Waals surface area contributed by atoms with E-state index in [0.717, 1.165) is 44.2 Å². The average molecular weight is 518 g/mol. The molecule has 1 heterocycles. The maximum Gasteiger partial charge on any atom is 0.407 e. The zero-order valence-corrected chi connectivity index (χ0v) is 20.5. The number of carbonyl (C=O) groups excluding carboxylic acids is 1. The van der Waals surface area contributed by atoms with Gasteiger partial charge in [-0.15, -0.1) is 24.0 Å². The number of amides is 1. The maximum absolute atomic E-state index is 12.0. The van der Waals surface area contributed by atoms with Gasteiger partial charge in [0.25, 0.3) is 0 Å². The van der Waals surface area contributed by atoms with Crippen molar-refractivity contribution in [2.45, 2.75) is 52.2 Å². The summed E-state index contributed by atoms with van der Waals surface area (Å²) < 4.78 is 10.5. The van der Waals surface area contributed by atoms with Crippen LogP contribution in [-0.2, 0) is 11.2 Å². The molecule has 29 heavy (non-hydrogen) atoms. The SMILES string of the molecule is CCNC(=NCCc1ccc(OC)cc1)N1CCC(NC(=O)OC(C)(C)C)C1.I. The fourth-order valence-electron chi connectivity index (χ4n) is 3.05. The topological polar surface area (TPSA) is 75.2 Å². The minimum atomic E-state index is -0.486. The van der Waals surface area contributed by atoms with Crippen molar-refractivity contribution in [3.63, 3.8) is 0 Å². The first-order chi connectivity index (χ1) is 13.3. The molecule has 1 aromatic rings. The van der Waals surface area contributed by atoms with Crippen LogP contribution < -0.4 is 15.4 Å². The summed E-state index contributed by atoms with van der Waals surface area (Å²) in [5.74, 6) is 1.76. The predicted molar refractivity (Wildman–Crippen MR) is 127 cm³/mol. The predicted octanol–water partition coefficient (Wildman–Crippen LogP) is 3.42. The highest BCUT2D eigenvalue weighted by atomic mass is 127. The van der Waals surface area contributed by atoms with E-state index >= 15 is 0 Å². The molecule has 8 heteroatoms. The molecule has 0 spiro atoms. The fraction of sp³-hybridized carbons (Fsp3) is 0.619. The molecule has 0 saturated carbocycles. The molecule has 1 unspecified atom stereocenters. The molecule has 1 fully saturated rings. The summed E-state index contributed by atoms with van der Waals surface area (Å²) in [5, 5.41) is 6.31. The summed E-state index contributed by atoms with van der Waals surface area (Å²) in [6.45, 7) is 10.8. The van der Waals surface area contributed by atoms with Crippen LogP contribution in [0.25, 0.3) is 0 Å². The molecule has 1 aliphatic heterocycles. The Hall–Kier alpha value is -1.71. The van der Waals surface area contributed by atoms with Crippen molar-refractivity contribution < 1.29 is 14.3 Å². The lowest BCUT2D eigenvalue weighted by Gasteiger charge is -2.23. The third-order valence-electron chi connectivity index (χ3n) is 4.36. The van der Waals surface area contributed by atoms with Crippen molar-refractivity contribution in [1.82, 2.24) is 15.5 Å². The number of methoxy groups -OCH3 is 1. The lowest BCUT2D eigenvalue weighted by atomic mass is 10.1. The smallest absolute Gasteiger partial charge is 0.407 e. The fourth-order valence-corrected chi connectivity index (χ4v) is 3.05. The maximum atomic E-state index is 12.0. The van der Waals surface area contributed by atoms with Gasteiger partial charge in [-0.25, -0.2) is 4.79 Å². The van der Waals surface area contributed by atoms with Gasteiger partial charge >= 0.3 is 6.09 Å². The van der Waals surface area contributed by atoms with Gasteiger partial charge in [-0.1, -0.05) is 12.1 Å². The van der Waals surface area contributed by atoms with Gasteiger partial charge in [-0.05, 0) is 58.2 Å². The summed E-state index contributed by atoms with van der Waals surface area (Å²) in [6, 6.07) is 8.14. The van der Waals surface area contributed by atoms with E-state index in [4.69, 9.17) is 14.5 Å². The van der Waals surface area contributed by atoms with Crippen molar-refractivity contribution in [3.05, 3.63) is 29.8 Å². The van der Waals surface area contributed by atoms with E-state index in [1.165, 1.54) is 5.56 Å². The minimum absolute atomic E-state index is 0. The Labute approximate surface area is 191 Å². The molecule has 2 rings (SSSR count). The molecule has 7 nitrogen and oxygen atoms in total. The number of ether oxygens (including phenoxy) is 2. The van der Waals surface area contributed by atoms with Crippen molar-refractivity contribution in [2.24, 2.45) is 4.99 Å². The van der Waals surface area contributed by atoms with E-state index in [-0.39, 0.29) is 36.1 Å². The lowest BCUT2D eigenvalue weighted by Crippen LogP contribution is -2.44. The molecule has 1 aliphatic rings. The van der Waals surface area contributed by atoms with Crippen molar-refractivity contribution in [2.75, 3.05) is 33.3 Å². The molecule has 0 aromatic heterocycles. The zero-order valence-electron chi connectivity index (χ0n) is 18.2. The van der Waals surface area contributed by atoms with Crippen LogP contribution in [0.15, 0.2) is 29.3 Å². The molecule has 0 bridgehead atoms. The Morgan fingerprint density at radius 2 is 1.97 bits per heavy atom. The standard InChI is InChI=1S/C21H34N4O3.HI/c1-6-22-19(23-13-11-16-7-9-18(27-5)10-8-16)25-14-12-17(15-25)24-20(26)28-21(2,3)4;/h7-10,17H,6,11-15H2,1-5H3,(H,22,23)(H,24,26);1H. The summed E-state index contributed by atoms with van der Waals surface area (Å²) in [4.78, 5) is 18.9. The number of alkyl carbamates (subject to hydrolysis) is 1. The number of likely N-dealkylation sites (tertiary alicyclic amines) is 1. The number of carbonyl (C=O) groups is 1. The normalized spacial score (nSPS) is 16.8. The molecule has 1 aromatic carbocycles. The highest BCUT2D eigenvalue weighted by Crippen LogP contribution is 2.13. The number of guanidine groups is 1. The Bertz CT molecular complexity index is 659. The van der Waals surface area contributed by atoms with Gasteiger partial charge in [-0.3, -0.25) is 4.99 Å². The summed E-state index contributed by atoms with van der Waals surface area (Å²) in [7, 11) is 1.67. The Morgan fingerprint density at radius 1 is 1.28 bits per heavy atom. The molecule has 0 aliphatic carbocycles. The van der Waals surface area contributed by atoms with Gasteiger partial charge in [0.2, 0.25) is 0 Å². The average Bonchev–Trinajstić information content (AvgIpc) is 3.08. The first kappa shape index (κ1) is 25.3. The molecule has 164 valence electrons. The molecule has 1 atom stereocenters. The molecule has 1 amide bonds. The number of hydrogen-bond donors (Lipinski definition) is 2. The molecular weight excluding hydrogens is 483 g/mol. The van der Waals surface area contributed by atoms with E-state index in [9.17, 15) is 4.79 Å². The highest BCUT2D eigenvalue weighted by molar-refractivity contribution is 14.0.